The second kappa shape index (κ2) is 10.1. The molecule has 1 aliphatic rings. The van der Waals surface area contributed by atoms with Gasteiger partial charge < -0.3 is 15.5 Å². The Morgan fingerprint density at radius 2 is 1.91 bits per heavy atom. The van der Waals surface area contributed by atoms with Crippen molar-refractivity contribution in [3.05, 3.63) is 0 Å². The molecule has 0 aliphatic carbocycles. The van der Waals surface area contributed by atoms with Gasteiger partial charge in [0.05, 0.1) is 0 Å². The van der Waals surface area contributed by atoms with E-state index in [0.717, 1.165) is 24.3 Å². The molecule has 0 aromatic carbocycles. The molecule has 0 saturated carbocycles. The molecule has 130 valence electrons. The van der Waals surface area contributed by atoms with Crippen molar-refractivity contribution >= 4 is 5.96 Å². The molecular weight excluding hydrogens is 272 g/mol. The minimum Gasteiger partial charge on any atom is -0.356 e. The molecule has 0 aromatic rings. The van der Waals surface area contributed by atoms with E-state index in [9.17, 15) is 0 Å². The monoisotopic (exact) mass is 310 g/mol. The maximum atomic E-state index is 4.37. The highest BCUT2D eigenvalue weighted by Crippen LogP contribution is 2.17. The Morgan fingerprint density at radius 3 is 2.50 bits per heavy atom. The molecule has 1 heterocycles. The van der Waals surface area contributed by atoms with Gasteiger partial charge in [-0.2, -0.15) is 0 Å². The van der Waals surface area contributed by atoms with Crippen LogP contribution in [0.4, 0.5) is 0 Å². The van der Waals surface area contributed by atoms with E-state index in [4.69, 9.17) is 0 Å². The first kappa shape index (κ1) is 19.3. The van der Waals surface area contributed by atoms with Crippen LogP contribution in [0.2, 0.25) is 0 Å². The largest absolute Gasteiger partial charge is 0.356 e. The van der Waals surface area contributed by atoms with Crippen LogP contribution in [0, 0.1) is 11.8 Å². The quantitative estimate of drug-likeness (QED) is 0.561. The average molecular weight is 311 g/mol. The smallest absolute Gasteiger partial charge is 0.191 e. The Kier molecular flexibility index (Phi) is 8.84. The van der Waals surface area contributed by atoms with Crippen molar-refractivity contribution in [2.24, 2.45) is 16.8 Å². The Bertz CT molecular complexity index is 325. The molecule has 1 fully saturated rings. The van der Waals surface area contributed by atoms with Gasteiger partial charge in [-0.25, -0.2) is 0 Å². The van der Waals surface area contributed by atoms with Crippen LogP contribution in [0.1, 0.15) is 60.3 Å². The van der Waals surface area contributed by atoms with Gasteiger partial charge in [-0.15, -0.1) is 0 Å². The number of hydrogen-bond acceptors (Lipinski definition) is 2. The fourth-order valence-electron chi connectivity index (χ4n) is 3.06. The first-order chi connectivity index (χ1) is 10.4. The van der Waals surface area contributed by atoms with E-state index in [-0.39, 0.29) is 0 Å². The molecule has 1 aliphatic heterocycles. The van der Waals surface area contributed by atoms with Crippen LogP contribution in [0.3, 0.4) is 0 Å². The predicted octanol–water partition coefficient (Wildman–Crippen LogP) is 3.10. The highest BCUT2D eigenvalue weighted by Gasteiger charge is 2.21. The number of piperidine rings is 1. The predicted molar refractivity (Wildman–Crippen MR) is 97.5 cm³/mol. The summed E-state index contributed by atoms with van der Waals surface area (Å²) in [5, 5.41) is 7.05. The first-order valence-electron chi connectivity index (χ1n) is 9.13. The van der Waals surface area contributed by atoms with E-state index in [1.807, 2.05) is 7.05 Å². The lowest BCUT2D eigenvalue weighted by Crippen LogP contribution is -2.47. The zero-order chi connectivity index (χ0) is 16.5. The van der Waals surface area contributed by atoms with Crippen molar-refractivity contribution in [3.8, 4) is 0 Å². The SMILES string of the molecule is CN=C(NCC1CCCN(C(C)C)C1)NC(C)CCC(C)C. The minimum atomic E-state index is 0.479. The van der Waals surface area contributed by atoms with E-state index in [0.29, 0.717) is 12.1 Å². The molecule has 4 heteroatoms. The summed E-state index contributed by atoms with van der Waals surface area (Å²) in [6, 6.07) is 1.14. The third kappa shape index (κ3) is 7.48. The molecule has 0 radical (unpaired) electrons. The van der Waals surface area contributed by atoms with Crippen LogP contribution in [-0.2, 0) is 0 Å². The zero-order valence-electron chi connectivity index (χ0n) is 15.7. The summed E-state index contributed by atoms with van der Waals surface area (Å²) in [7, 11) is 1.87. The lowest BCUT2D eigenvalue weighted by molar-refractivity contribution is 0.141. The van der Waals surface area contributed by atoms with E-state index >= 15 is 0 Å². The number of nitrogens with one attached hydrogen (secondary N) is 2. The van der Waals surface area contributed by atoms with Crippen LogP contribution in [0.5, 0.6) is 0 Å². The lowest BCUT2D eigenvalue weighted by Gasteiger charge is -2.35. The van der Waals surface area contributed by atoms with Crippen LogP contribution < -0.4 is 10.6 Å². The van der Waals surface area contributed by atoms with Crippen molar-refractivity contribution in [3.63, 3.8) is 0 Å². The van der Waals surface area contributed by atoms with E-state index < -0.39 is 0 Å². The highest BCUT2D eigenvalue weighted by atomic mass is 15.2. The number of hydrogen-bond donors (Lipinski definition) is 2. The second-order valence-corrected chi connectivity index (χ2v) is 7.57. The molecule has 2 atom stereocenters. The fourth-order valence-corrected chi connectivity index (χ4v) is 3.06. The van der Waals surface area contributed by atoms with Gasteiger partial charge in [-0.1, -0.05) is 13.8 Å². The number of guanidine groups is 1. The minimum absolute atomic E-state index is 0.479. The maximum absolute atomic E-state index is 4.37. The van der Waals surface area contributed by atoms with Gasteiger partial charge in [0.15, 0.2) is 5.96 Å². The highest BCUT2D eigenvalue weighted by molar-refractivity contribution is 5.79. The van der Waals surface area contributed by atoms with Crippen LogP contribution in [0.15, 0.2) is 4.99 Å². The van der Waals surface area contributed by atoms with Gasteiger partial charge in [0.2, 0.25) is 0 Å². The van der Waals surface area contributed by atoms with E-state index in [2.05, 4.69) is 55.1 Å². The molecule has 0 spiro atoms. The zero-order valence-corrected chi connectivity index (χ0v) is 15.7. The Labute approximate surface area is 138 Å². The van der Waals surface area contributed by atoms with Gasteiger partial charge >= 0.3 is 0 Å². The summed E-state index contributed by atoms with van der Waals surface area (Å²) in [6.07, 6.45) is 5.11. The third-order valence-corrected chi connectivity index (χ3v) is 4.62. The summed E-state index contributed by atoms with van der Waals surface area (Å²) in [4.78, 5) is 6.97. The molecule has 1 saturated heterocycles. The van der Waals surface area contributed by atoms with Crippen molar-refractivity contribution in [2.45, 2.75) is 72.4 Å². The first-order valence-corrected chi connectivity index (χ1v) is 9.13. The van der Waals surface area contributed by atoms with E-state index in [1.54, 1.807) is 0 Å². The number of nitrogens with zero attached hydrogens (tertiary/aromatic N) is 2. The normalized spacial score (nSPS) is 22.2. The topological polar surface area (TPSA) is 39.7 Å². The van der Waals surface area contributed by atoms with Crippen molar-refractivity contribution in [2.75, 3.05) is 26.7 Å². The average Bonchev–Trinajstić information content (AvgIpc) is 2.49. The van der Waals surface area contributed by atoms with Gasteiger partial charge in [0.1, 0.15) is 0 Å². The van der Waals surface area contributed by atoms with Crippen molar-refractivity contribution < 1.29 is 0 Å². The second-order valence-electron chi connectivity index (χ2n) is 7.57. The van der Waals surface area contributed by atoms with E-state index in [1.165, 1.54) is 38.8 Å². The lowest BCUT2D eigenvalue weighted by atomic mass is 9.97. The third-order valence-electron chi connectivity index (χ3n) is 4.62. The summed E-state index contributed by atoms with van der Waals surface area (Å²) >= 11 is 0. The summed E-state index contributed by atoms with van der Waals surface area (Å²) in [5.74, 6) is 2.46. The maximum Gasteiger partial charge on any atom is 0.191 e. The summed E-state index contributed by atoms with van der Waals surface area (Å²) < 4.78 is 0. The van der Waals surface area contributed by atoms with Crippen molar-refractivity contribution in [1.82, 2.24) is 15.5 Å². The summed E-state index contributed by atoms with van der Waals surface area (Å²) in [6.45, 7) is 14.9. The number of rotatable bonds is 7. The molecule has 4 nitrogen and oxygen atoms in total. The molecular formula is C18H38N4. The molecule has 1 rings (SSSR count). The van der Waals surface area contributed by atoms with Crippen LogP contribution >= 0.6 is 0 Å². The molecule has 0 amide bonds. The Hall–Kier alpha value is -0.770. The van der Waals surface area contributed by atoms with Gasteiger partial charge in [0.25, 0.3) is 0 Å². The molecule has 2 unspecified atom stereocenters. The van der Waals surface area contributed by atoms with Crippen LogP contribution in [-0.4, -0.2) is 49.6 Å². The van der Waals surface area contributed by atoms with Gasteiger partial charge in [-0.3, -0.25) is 4.99 Å². The number of aliphatic imine (C=N–C) groups is 1. The summed E-state index contributed by atoms with van der Waals surface area (Å²) in [5.41, 5.74) is 0. The standard InChI is InChI=1S/C18H38N4/c1-14(2)9-10-16(5)21-18(19-6)20-12-17-8-7-11-22(13-17)15(3)4/h14-17H,7-13H2,1-6H3,(H2,19,20,21). The molecule has 0 bridgehead atoms. The van der Waals surface area contributed by atoms with Crippen LogP contribution in [0.25, 0.3) is 0 Å². The molecule has 2 N–H and O–H groups in total. The van der Waals surface area contributed by atoms with Crippen molar-refractivity contribution in [1.29, 1.82) is 0 Å². The van der Waals surface area contributed by atoms with Gasteiger partial charge in [-0.05, 0) is 64.8 Å². The fraction of sp³-hybridized carbons (Fsp3) is 0.944. The molecule has 22 heavy (non-hydrogen) atoms. The molecule has 0 aromatic heterocycles. The Balaban J connectivity index is 2.31. The van der Waals surface area contributed by atoms with Gasteiger partial charge in [0, 0.05) is 32.2 Å². The Morgan fingerprint density at radius 1 is 1.18 bits per heavy atom. The number of likely N-dealkylation sites (tertiary alicyclic amines) is 1.